The molecule has 0 N–H and O–H groups in total. The molecule has 10 nitrogen and oxygen atoms in total. The fourth-order valence-electron chi connectivity index (χ4n) is 3.29. The number of benzene rings is 2. The Morgan fingerprint density at radius 1 is 1.23 bits per heavy atom. The molecule has 2 aromatic carbocycles. The monoisotopic (exact) mass is 419 g/mol. The summed E-state index contributed by atoms with van der Waals surface area (Å²) in [7, 11) is 1.60. The number of rotatable bonds is 5. The summed E-state index contributed by atoms with van der Waals surface area (Å²) in [6.45, 7) is 1.70. The Balaban J connectivity index is 1.62. The summed E-state index contributed by atoms with van der Waals surface area (Å²) in [5.41, 5.74) is 1.52. The van der Waals surface area contributed by atoms with E-state index < -0.39 is 10.9 Å². The number of nitrogens with zero attached hydrogens (tertiary/aromatic N) is 5. The van der Waals surface area contributed by atoms with Gasteiger partial charge in [-0.1, -0.05) is 23.8 Å². The predicted octanol–water partition coefficient (Wildman–Crippen LogP) is 2.55. The van der Waals surface area contributed by atoms with Crippen molar-refractivity contribution in [2.75, 3.05) is 0 Å². The van der Waals surface area contributed by atoms with Gasteiger partial charge in [0.15, 0.2) is 12.4 Å². The molecule has 0 atom stereocenters. The topological polar surface area (TPSA) is 122 Å². The summed E-state index contributed by atoms with van der Waals surface area (Å²) >= 11 is 0. The Labute approximate surface area is 175 Å². The maximum atomic E-state index is 12.6. The molecule has 0 spiro atoms. The average Bonchev–Trinajstić information content (AvgIpc) is 3.19. The van der Waals surface area contributed by atoms with Gasteiger partial charge in [-0.2, -0.15) is 0 Å². The Morgan fingerprint density at radius 3 is 2.77 bits per heavy atom. The first-order chi connectivity index (χ1) is 14.9. The molecule has 0 fully saturated rings. The fraction of sp³-hybridized carbons (Fsp3) is 0.143. The average molecular weight is 419 g/mol. The summed E-state index contributed by atoms with van der Waals surface area (Å²) in [5, 5.41) is 19.7. The van der Waals surface area contributed by atoms with Gasteiger partial charge in [-0.05, 0) is 31.2 Å². The van der Waals surface area contributed by atoms with E-state index in [-0.39, 0.29) is 23.4 Å². The smallest absolute Gasteiger partial charge is 0.331 e. The lowest BCUT2D eigenvalue weighted by Crippen LogP contribution is -2.20. The second-order valence-corrected chi connectivity index (χ2v) is 6.89. The summed E-state index contributed by atoms with van der Waals surface area (Å²) in [6.07, 6.45) is 2.44. The number of ether oxygens (including phenoxy) is 1. The Hall–Kier alpha value is -4.34. The lowest BCUT2D eigenvalue weighted by molar-refractivity contribution is -0.385. The van der Waals surface area contributed by atoms with Gasteiger partial charge in [-0.25, -0.2) is 4.79 Å². The number of aryl methyl sites for hydroxylation is 2. The minimum absolute atomic E-state index is 0.113. The number of nitro groups is 1. The normalized spacial score (nSPS) is 11.4. The van der Waals surface area contributed by atoms with Crippen LogP contribution in [0.4, 0.5) is 5.69 Å². The molecule has 4 rings (SSSR count). The number of hydrogen-bond acceptors (Lipinski definition) is 7. The number of carbonyl (C=O) groups is 1. The molecule has 0 saturated carbocycles. The van der Waals surface area contributed by atoms with Gasteiger partial charge in [-0.3, -0.25) is 23.9 Å². The third-order valence-electron chi connectivity index (χ3n) is 4.82. The number of hydrogen-bond donors (Lipinski definition) is 0. The zero-order valence-corrected chi connectivity index (χ0v) is 16.7. The summed E-state index contributed by atoms with van der Waals surface area (Å²) in [5.74, 6) is -0.0328. The molecular weight excluding hydrogens is 402 g/mol. The highest BCUT2D eigenvalue weighted by molar-refractivity contribution is 5.88. The molecule has 10 heteroatoms. The first-order valence-corrected chi connectivity index (χ1v) is 9.28. The van der Waals surface area contributed by atoms with Crippen molar-refractivity contribution >= 4 is 34.4 Å². The van der Waals surface area contributed by atoms with Crippen molar-refractivity contribution in [1.82, 2.24) is 19.2 Å². The number of aromatic nitrogens is 4. The highest BCUT2D eigenvalue weighted by atomic mass is 16.6. The van der Waals surface area contributed by atoms with Crippen LogP contribution in [0.5, 0.6) is 0 Å². The SMILES string of the molecule is Cc1ccc2c(c1)c(=O)n(C)c1nnc(COC(=O)C=Cc3ccccc3[N+](=O)[O-])n21. The Kier molecular flexibility index (Phi) is 5.04. The standard InChI is InChI=1S/C21H17N5O5/c1-13-7-9-17-15(11-13)20(28)24(2)21-23-22-18(25(17)21)12-31-19(27)10-8-14-5-3-4-6-16(14)26(29)30/h3-11H,12H2,1-2H3. The van der Waals surface area contributed by atoms with Crippen LogP contribution in [0.25, 0.3) is 22.8 Å². The molecular formula is C21H17N5O5. The van der Waals surface area contributed by atoms with E-state index in [0.29, 0.717) is 22.5 Å². The van der Waals surface area contributed by atoms with E-state index in [1.165, 1.54) is 22.8 Å². The number of carbonyl (C=O) groups excluding carboxylic acids is 1. The van der Waals surface area contributed by atoms with E-state index in [2.05, 4.69) is 10.2 Å². The Bertz CT molecular complexity index is 1430. The molecule has 31 heavy (non-hydrogen) atoms. The van der Waals surface area contributed by atoms with Crippen molar-refractivity contribution < 1.29 is 14.5 Å². The van der Waals surface area contributed by atoms with Crippen LogP contribution in [0.15, 0.2) is 53.3 Å². The maximum Gasteiger partial charge on any atom is 0.331 e. The molecule has 0 bridgehead atoms. The minimum atomic E-state index is -0.695. The van der Waals surface area contributed by atoms with Gasteiger partial charge < -0.3 is 4.74 Å². The molecule has 156 valence electrons. The highest BCUT2D eigenvalue weighted by Crippen LogP contribution is 2.19. The molecule has 0 aliphatic rings. The van der Waals surface area contributed by atoms with Crippen LogP contribution in [0, 0.1) is 17.0 Å². The van der Waals surface area contributed by atoms with Gasteiger partial charge in [0.2, 0.25) is 5.78 Å². The number of nitro benzene ring substituents is 1. The lowest BCUT2D eigenvalue weighted by Gasteiger charge is -2.08. The molecule has 4 aromatic rings. The van der Waals surface area contributed by atoms with Crippen molar-refractivity contribution in [3.63, 3.8) is 0 Å². The molecule has 0 radical (unpaired) electrons. The van der Waals surface area contributed by atoms with Crippen LogP contribution in [-0.2, 0) is 23.2 Å². The lowest BCUT2D eigenvalue weighted by atomic mass is 10.1. The van der Waals surface area contributed by atoms with E-state index in [1.54, 1.807) is 35.7 Å². The van der Waals surface area contributed by atoms with Crippen molar-refractivity contribution in [2.45, 2.75) is 13.5 Å². The van der Waals surface area contributed by atoms with Crippen molar-refractivity contribution in [3.8, 4) is 0 Å². The van der Waals surface area contributed by atoms with Gasteiger partial charge in [-0.15, -0.1) is 10.2 Å². The van der Waals surface area contributed by atoms with Crippen LogP contribution in [0.1, 0.15) is 17.0 Å². The molecule has 0 aliphatic carbocycles. The predicted molar refractivity (Wildman–Crippen MR) is 112 cm³/mol. The minimum Gasteiger partial charge on any atom is -0.454 e. The summed E-state index contributed by atoms with van der Waals surface area (Å²) < 4.78 is 8.30. The van der Waals surface area contributed by atoms with E-state index >= 15 is 0 Å². The molecule has 0 saturated heterocycles. The quantitative estimate of drug-likeness (QED) is 0.211. The Morgan fingerprint density at radius 2 is 2.00 bits per heavy atom. The number of fused-ring (bicyclic) bond motifs is 3. The second-order valence-electron chi connectivity index (χ2n) is 6.89. The van der Waals surface area contributed by atoms with Crippen molar-refractivity contribution in [2.24, 2.45) is 7.05 Å². The molecule has 0 amide bonds. The summed E-state index contributed by atoms with van der Waals surface area (Å²) in [4.78, 5) is 35.3. The van der Waals surface area contributed by atoms with Gasteiger partial charge in [0.25, 0.3) is 11.2 Å². The van der Waals surface area contributed by atoms with Crippen LogP contribution < -0.4 is 5.56 Å². The van der Waals surface area contributed by atoms with Crippen LogP contribution in [-0.4, -0.2) is 30.1 Å². The number of para-hydroxylation sites is 1. The van der Waals surface area contributed by atoms with Crippen LogP contribution in [0.2, 0.25) is 0 Å². The van der Waals surface area contributed by atoms with Gasteiger partial charge in [0.1, 0.15) is 0 Å². The van der Waals surface area contributed by atoms with E-state index in [9.17, 15) is 19.7 Å². The van der Waals surface area contributed by atoms with E-state index in [4.69, 9.17) is 4.74 Å². The van der Waals surface area contributed by atoms with Crippen molar-refractivity contribution in [3.05, 3.63) is 86.0 Å². The van der Waals surface area contributed by atoms with E-state index in [1.807, 2.05) is 13.0 Å². The fourth-order valence-corrected chi connectivity index (χ4v) is 3.29. The van der Waals surface area contributed by atoms with Crippen LogP contribution in [0.3, 0.4) is 0 Å². The maximum absolute atomic E-state index is 12.6. The zero-order chi connectivity index (χ0) is 22.1. The highest BCUT2D eigenvalue weighted by Gasteiger charge is 2.16. The first-order valence-electron chi connectivity index (χ1n) is 9.28. The number of esters is 1. The third kappa shape index (κ3) is 3.66. The molecule has 0 unspecified atom stereocenters. The van der Waals surface area contributed by atoms with Crippen molar-refractivity contribution in [1.29, 1.82) is 0 Å². The van der Waals surface area contributed by atoms with Crippen LogP contribution >= 0.6 is 0 Å². The van der Waals surface area contributed by atoms with Gasteiger partial charge in [0, 0.05) is 19.2 Å². The largest absolute Gasteiger partial charge is 0.454 e. The van der Waals surface area contributed by atoms with E-state index in [0.717, 1.165) is 11.6 Å². The molecule has 2 aromatic heterocycles. The zero-order valence-electron chi connectivity index (χ0n) is 16.7. The first kappa shape index (κ1) is 20.0. The van der Waals surface area contributed by atoms with Gasteiger partial charge in [0.05, 0.1) is 21.4 Å². The third-order valence-corrected chi connectivity index (χ3v) is 4.82. The second kappa shape index (κ2) is 7.82. The molecule has 0 aliphatic heterocycles. The molecule has 2 heterocycles. The summed E-state index contributed by atoms with van der Waals surface area (Å²) in [6, 6.07) is 11.5. The van der Waals surface area contributed by atoms with Gasteiger partial charge >= 0.3 is 5.97 Å².